The predicted molar refractivity (Wildman–Crippen MR) is 67.7 cm³/mol. The minimum Gasteiger partial charge on any atom is -0.382 e. The van der Waals surface area contributed by atoms with Gasteiger partial charge in [-0.15, -0.1) is 0 Å². The molecule has 2 rings (SSSR count). The Bertz CT molecular complexity index is 410. The number of piperidine rings is 1. The molecule has 1 aromatic heterocycles. The van der Waals surface area contributed by atoms with Crippen LogP contribution in [0.25, 0.3) is 0 Å². The molecule has 1 aromatic rings. The first-order valence-corrected chi connectivity index (χ1v) is 6.06. The second-order valence-corrected chi connectivity index (χ2v) is 4.68. The summed E-state index contributed by atoms with van der Waals surface area (Å²) in [4.78, 5) is 6.41. The van der Waals surface area contributed by atoms with E-state index >= 15 is 0 Å². The molecule has 0 aromatic carbocycles. The van der Waals surface area contributed by atoms with E-state index in [0.717, 1.165) is 18.8 Å². The van der Waals surface area contributed by atoms with Crippen molar-refractivity contribution >= 4 is 5.69 Å². The standard InChI is InChI=1S/C13H18N4/c1-17-6-2-3-11(10-17)8-16-13-9-15-5-4-12(13)7-14/h4-5,9,11,16H,2-3,6,8,10H2,1H3. The van der Waals surface area contributed by atoms with Gasteiger partial charge in [0.1, 0.15) is 6.07 Å². The third-order valence-electron chi connectivity index (χ3n) is 3.24. The van der Waals surface area contributed by atoms with Crippen molar-refractivity contribution in [2.24, 2.45) is 5.92 Å². The number of rotatable bonds is 3. The van der Waals surface area contributed by atoms with E-state index in [4.69, 9.17) is 5.26 Å². The van der Waals surface area contributed by atoms with Crippen molar-refractivity contribution in [2.75, 3.05) is 32.0 Å². The average molecular weight is 230 g/mol. The van der Waals surface area contributed by atoms with Crippen LogP contribution in [0.2, 0.25) is 0 Å². The molecule has 1 saturated heterocycles. The van der Waals surface area contributed by atoms with Gasteiger partial charge in [0.15, 0.2) is 0 Å². The van der Waals surface area contributed by atoms with E-state index in [-0.39, 0.29) is 0 Å². The lowest BCUT2D eigenvalue weighted by molar-refractivity contribution is 0.217. The molecule has 0 aliphatic carbocycles. The highest BCUT2D eigenvalue weighted by molar-refractivity contribution is 5.55. The van der Waals surface area contributed by atoms with Gasteiger partial charge in [-0.3, -0.25) is 4.98 Å². The number of nitriles is 1. The molecule has 1 aliphatic heterocycles. The van der Waals surface area contributed by atoms with E-state index in [0.29, 0.717) is 11.5 Å². The molecule has 0 radical (unpaired) electrons. The van der Waals surface area contributed by atoms with Gasteiger partial charge >= 0.3 is 0 Å². The van der Waals surface area contributed by atoms with Crippen molar-refractivity contribution in [3.05, 3.63) is 24.0 Å². The van der Waals surface area contributed by atoms with Crippen LogP contribution in [-0.4, -0.2) is 36.6 Å². The minimum absolute atomic E-state index is 0.667. The van der Waals surface area contributed by atoms with Crippen LogP contribution in [0, 0.1) is 17.2 Å². The summed E-state index contributed by atoms with van der Waals surface area (Å²) in [6, 6.07) is 3.92. The quantitative estimate of drug-likeness (QED) is 0.858. The molecule has 1 N–H and O–H groups in total. The maximum atomic E-state index is 8.97. The van der Waals surface area contributed by atoms with Crippen LogP contribution in [0.3, 0.4) is 0 Å². The summed E-state index contributed by atoms with van der Waals surface area (Å²) in [5.41, 5.74) is 1.52. The fraction of sp³-hybridized carbons (Fsp3) is 0.538. The zero-order valence-corrected chi connectivity index (χ0v) is 10.2. The van der Waals surface area contributed by atoms with Gasteiger partial charge in [-0.05, 0) is 38.4 Å². The Morgan fingerprint density at radius 2 is 2.53 bits per heavy atom. The lowest BCUT2D eigenvalue weighted by atomic mass is 9.98. The van der Waals surface area contributed by atoms with E-state index in [1.54, 1.807) is 18.5 Å². The second-order valence-electron chi connectivity index (χ2n) is 4.68. The number of hydrogen-bond donors (Lipinski definition) is 1. The lowest BCUT2D eigenvalue weighted by Crippen LogP contribution is -2.35. The largest absolute Gasteiger partial charge is 0.382 e. The van der Waals surface area contributed by atoms with Gasteiger partial charge in [-0.2, -0.15) is 5.26 Å². The van der Waals surface area contributed by atoms with Gasteiger partial charge < -0.3 is 10.2 Å². The first-order valence-electron chi connectivity index (χ1n) is 6.06. The monoisotopic (exact) mass is 230 g/mol. The zero-order valence-electron chi connectivity index (χ0n) is 10.2. The normalized spacial score (nSPS) is 20.8. The van der Waals surface area contributed by atoms with Crippen LogP contribution in [0.4, 0.5) is 5.69 Å². The number of pyridine rings is 1. The van der Waals surface area contributed by atoms with Gasteiger partial charge in [0.05, 0.1) is 17.4 Å². The topological polar surface area (TPSA) is 52.0 Å². The van der Waals surface area contributed by atoms with E-state index in [9.17, 15) is 0 Å². The molecule has 4 nitrogen and oxygen atoms in total. The number of nitrogens with zero attached hydrogens (tertiary/aromatic N) is 3. The summed E-state index contributed by atoms with van der Waals surface area (Å²) in [5.74, 6) is 0.667. The molecule has 0 saturated carbocycles. The Labute approximate surface area is 102 Å². The molecule has 1 unspecified atom stereocenters. The first-order chi connectivity index (χ1) is 8.29. The molecule has 4 heteroatoms. The van der Waals surface area contributed by atoms with Gasteiger partial charge in [-0.25, -0.2) is 0 Å². The maximum Gasteiger partial charge on any atom is 0.101 e. The highest BCUT2D eigenvalue weighted by atomic mass is 15.1. The Kier molecular flexibility index (Phi) is 3.94. The highest BCUT2D eigenvalue weighted by Gasteiger charge is 2.17. The van der Waals surface area contributed by atoms with Crippen molar-refractivity contribution in [2.45, 2.75) is 12.8 Å². The molecule has 0 amide bonds. The van der Waals surface area contributed by atoms with Crippen LogP contribution in [0.5, 0.6) is 0 Å². The molecule has 17 heavy (non-hydrogen) atoms. The van der Waals surface area contributed by atoms with Crippen molar-refractivity contribution < 1.29 is 0 Å². The van der Waals surface area contributed by atoms with Gasteiger partial charge in [0.2, 0.25) is 0 Å². The Morgan fingerprint density at radius 1 is 1.65 bits per heavy atom. The third-order valence-corrected chi connectivity index (χ3v) is 3.24. The summed E-state index contributed by atoms with van der Waals surface area (Å²) in [5, 5.41) is 12.3. The maximum absolute atomic E-state index is 8.97. The first kappa shape index (κ1) is 11.9. The summed E-state index contributed by atoms with van der Waals surface area (Å²) in [6.45, 7) is 3.26. The van der Waals surface area contributed by atoms with Crippen molar-refractivity contribution in [1.82, 2.24) is 9.88 Å². The highest BCUT2D eigenvalue weighted by Crippen LogP contribution is 2.17. The number of nitrogens with one attached hydrogen (secondary N) is 1. The van der Waals surface area contributed by atoms with E-state index in [1.165, 1.54) is 19.4 Å². The van der Waals surface area contributed by atoms with Gasteiger partial charge in [0.25, 0.3) is 0 Å². The third kappa shape index (κ3) is 3.18. The van der Waals surface area contributed by atoms with Crippen LogP contribution in [0.1, 0.15) is 18.4 Å². The molecule has 1 fully saturated rings. The molecular formula is C13H18N4. The van der Waals surface area contributed by atoms with Crippen LogP contribution >= 0.6 is 0 Å². The summed E-state index contributed by atoms with van der Waals surface area (Å²) in [7, 11) is 2.16. The predicted octanol–water partition coefficient (Wildman–Crippen LogP) is 1.71. The summed E-state index contributed by atoms with van der Waals surface area (Å²) < 4.78 is 0. The summed E-state index contributed by atoms with van der Waals surface area (Å²) in [6.07, 6.45) is 5.91. The van der Waals surface area contributed by atoms with Crippen molar-refractivity contribution in [3.63, 3.8) is 0 Å². The second kappa shape index (κ2) is 5.65. The zero-order chi connectivity index (χ0) is 12.1. The van der Waals surface area contributed by atoms with E-state index in [2.05, 4.69) is 28.3 Å². The number of aromatic nitrogens is 1. The molecule has 0 bridgehead atoms. The van der Waals surface area contributed by atoms with Gasteiger partial charge in [-0.1, -0.05) is 0 Å². The van der Waals surface area contributed by atoms with Crippen molar-refractivity contribution in [1.29, 1.82) is 5.26 Å². The minimum atomic E-state index is 0.667. The van der Waals surface area contributed by atoms with Crippen molar-refractivity contribution in [3.8, 4) is 6.07 Å². The van der Waals surface area contributed by atoms with Crippen LogP contribution < -0.4 is 5.32 Å². The Hall–Kier alpha value is -1.60. The molecular weight excluding hydrogens is 212 g/mol. The molecule has 1 aliphatic rings. The molecule has 90 valence electrons. The van der Waals surface area contributed by atoms with E-state index < -0.39 is 0 Å². The van der Waals surface area contributed by atoms with Crippen LogP contribution in [0.15, 0.2) is 18.5 Å². The lowest BCUT2D eigenvalue weighted by Gasteiger charge is -2.30. The number of anilines is 1. The fourth-order valence-corrected chi connectivity index (χ4v) is 2.33. The molecule has 2 heterocycles. The Morgan fingerprint density at radius 3 is 3.29 bits per heavy atom. The number of likely N-dealkylation sites (tertiary alicyclic amines) is 1. The molecule has 0 spiro atoms. The molecule has 1 atom stereocenters. The van der Waals surface area contributed by atoms with Crippen LogP contribution in [-0.2, 0) is 0 Å². The van der Waals surface area contributed by atoms with Gasteiger partial charge in [0, 0.05) is 19.3 Å². The average Bonchev–Trinajstić information content (AvgIpc) is 2.37. The van der Waals surface area contributed by atoms with E-state index in [1.807, 2.05) is 0 Å². The Balaban J connectivity index is 1.91. The fourth-order valence-electron chi connectivity index (χ4n) is 2.33. The SMILES string of the molecule is CN1CCCC(CNc2cnccc2C#N)C1. The smallest absolute Gasteiger partial charge is 0.101 e. The number of hydrogen-bond acceptors (Lipinski definition) is 4. The summed E-state index contributed by atoms with van der Waals surface area (Å²) >= 11 is 0.